The van der Waals surface area contributed by atoms with E-state index in [9.17, 15) is 15.2 Å². The minimum absolute atomic E-state index is 0.461. The molecule has 0 spiro atoms. The topological polar surface area (TPSA) is 91.7 Å². The van der Waals surface area contributed by atoms with Crippen molar-refractivity contribution in [1.29, 1.82) is 0 Å². The van der Waals surface area contributed by atoms with Crippen LogP contribution >= 0.6 is 0 Å². The zero-order valence-electron chi connectivity index (χ0n) is 12.9. The molecule has 0 N–H and O–H groups in total. The molecule has 6 nitrogen and oxygen atoms in total. The van der Waals surface area contributed by atoms with E-state index in [1.165, 1.54) is 24.4 Å². The first kappa shape index (κ1) is 14.9. The second-order valence-corrected chi connectivity index (χ2v) is 5.52. The maximum absolute atomic E-state index is 11.4. The molecule has 0 aliphatic rings. The number of nitrogens with zero attached hydrogens (tertiary/aromatic N) is 2. The van der Waals surface area contributed by atoms with E-state index >= 15 is 0 Å². The lowest BCUT2D eigenvalue weighted by molar-refractivity contribution is -0.398. The van der Waals surface area contributed by atoms with Gasteiger partial charge >= 0.3 is 0 Å². The van der Waals surface area contributed by atoms with Gasteiger partial charge in [-0.1, -0.05) is 30.3 Å². The van der Waals surface area contributed by atoms with Gasteiger partial charge in [0.25, 0.3) is 5.69 Å². The van der Waals surface area contributed by atoms with Gasteiger partial charge < -0.3 is 9.52 Å². The number of aliphatic imine (C=N–C) groups is 1. The maximum Gasteiger partial charge on any atom is 0.262 e. The Bertz CT molecular complexity index is 1140. The Labute approximate surface area is 141 Å². The summed E-state index contributed by atoms with van der Waals surface area (Å²) in [6, 6.07) is 17.2. The summed E-state index contributed by atoms with van der Waals surface area (Å²) in [5.41, 5.74) is 2.20. The Kier molecular flexibility index (Phi) is 3.43. The monoisotopic (exact) mass is 331 g/mol. The maximum atomic E-state index is 11.4. The van der Waals surface area contributed by atoms with Gasteiger partial charge in [-0.05, 0) is 29.5 Å². The molecule has 0 aliphatic heterocycles. The van der Waals surface area contributed by atoms with Gasteiger partial charge in [0.1, 0.15) is 11.2 Å². The average molecular weight is 331 g/mol. The van der Waals surface area contributed by atoms with Crippen molar-refractivity contribution in [2.45, 2.75) is 0 Å². The lowest BCUT2D eigenvalue weighted by Gasteiger charge is -2.05. The number of furan rings is 1. The highest BCUT2D eigenvalue weighted by Crippen LogP contribution is 2.31. The molecule has 6 heteroatoms. The SMILES string of the molecule is O=[N+]([O-])c1cc(C=Nc2ccc3c(c2)oc2ccccc23)ccc1[O-]. The van der Waals surface area contributed by atoms with Gasteiger partial charge in [0.15, 0.2) is 0 Å². The largest absolute Gasteiger partial charge is 0.868 e. The molecular formula is C19H11N2O4-. The standard InChI is InChI=1S/C19H12N2O4/c22-17-8-5-12(9-16(17)21(23)24)11-20-13-6-7-15-14-3-1-2-4-18(14)25-19(15)10-13/h1-11,22H/p-1. The molecule has 0 radical (unpaired) electrons. The van der Waals surface area contributed by atoms with Gasteiger partial charge in [-0.25, -0.2) is 0 Å². The van der Waals surface area contributed by atoms with Crippen LogP contribution in [-0.2, 0) is 0 Å². The molecule has 4 rings (SSSR count). The van der Waals surface area contributed by atoms with Crippen LogP contribution in [0.2, 0.25) is 0 Å². The van der Waals surface area contributed by atoms with Crippen molar-refractivity contribution in [3.8, 4) is 5.75 Å². The van der Waals surface area contributed by atoms with Crippen LogP contribution in [0.4, 0.5) is 11.4 Å². The fourth-order valence-electron chi connectivity index (χ4n) is 2.70. The first-order valence-corrected chi connectivity index (χ1v) is 7.53. The van der Waals surface area contributed by atoms with Gasteiger partial charge in [0.2, 0.25) is 0 Å². The Hall–Kier alpha value is -3.67. The van der Waals surface area contributed by atoms with Crippen molar-refractivity contribution < 1.29 is 14.4 Å². The van der Waals surface area contributed by atoms with Gasteiger partial charge in [-0.15, -0.1) is 0 Å². The van der Waals surface area contributed by atoms with Crippen LogP contribution in [0.3, 0.4) is 0 Å². The fraction of sp³-hybridized carbons (Fsp3) is 0. The third-order valence-corrected chi connectivity index (χ3v) is 3.90. The molecule has 1 aromatic heterocycles. The van der Waals surface area contributed by atoms with Crippen LogP contribution in [0.1, 0.15) is 5.56 Å². The number of hydrogen-bond acceptors (Lipinski definition) is 5. The van der Waals surface area contributed by atoms with Gasteiger partial charge in [0, 0.05) is 29.1 Å². The molecule has 25 heavy (non-hydrogen) atoms. The first-order valence-electron chi connectivity index (χ1n) is 7.53. The summed E-state index contributed by atoms with van der Waals surface area (Å²) in [4.78, 5) is 14.5. The third-order valence-electron chi connectivity index (χ3n) is 3.90. The second-order valence-electron chi connectivity index (χ2n) is 5.52. The molecule has 0 amide bonds. The molecule has 0 saturated heterocycles. The molecule has 0 bridgehead atoms. The number of nitro benzene ring substituents is 1. The summed E-state index contributed by atoms with van der Waals surface area (Å²) < 4.78 is 5.81. The molecule has 1 heterocycles. The quantitative estimate of drug-likeness (QED) is 0.317. The normalized spacial score (nSPS) is 11.5. The summed E-state index contributed by atoms with van der Waals surface area (Å²) in [6.07, 6.45) is 1.48. The van der Waals surface area contributed by atoms with E-state index in [-0.39, 0.29) is 0 Å². The number of hydrogen-bond donors (Lipinski definition) is 0. The number of rotatable bonds is 3. The number of para-hydroxylation sites is 1. The first-order chi connectivity index (χ1) is 12.1. The highest BCUT2D eigenvalue weighted by molar-refractivity contribution is 6.05. The minimum Gasteiger partial charge on any atom is -0.868 e. The summed E-state index contributed by atoms with van der Waals surface area (Å²) in [7, 11) is 0. The zero-order chi connectivity index (χ0) is 17.4. The molecule has 4 aromatic rings. The summed E-state index contributed by atoms with van der Waals surface area (Å²) >= 11 is 0. The Morgan fingerprint density at radius 3 is 2.60 bits per heavy atom. The van der Waals surface area contributed by atoms with Crippen LogP contribution in [0, 0.1) is 10.1 Å². The van der Waals surface area contributed by atoms with Crippen molar-refractivity contribution in [1.82, 2.24) is 0 Å². The molecule has 0 atom stereocenters. The van der Waals surface area contributed by atoms with Crippen molar-refractivity contribution in [3.05, 3.63) is 76.3 Å². The van der Waals surface area contributed by atoms with Crippen molar-refractivity contribution >= 4 is 39.5 Å². The van der Waals surface area contributed by atoms with E-state index in [0.717, 1.165) is 21.9 Å². The van der Waals surface area contributed by atoms with E-state index in [2.05, 4.69) is 4.99 Å². The molecule has 0 aliphatic carbocycles. The average Bonchev–Trinajstić information content (AvgIpc) is 2.98. The minimum atomic E-state index is -0.694. The van der Waals surface area contributed by atoms with Crippen LogP contribution in [-0.4, -0.2) is 11.1 Å². The summed E-state index contributed by atoms with van der Waals surface area (Å²) in [5.74, 6) is -0.620. The highest BCUT2D eigenvalue weighted by Gasteiger charge is 2.08. The van der Waals surface area contributed by atoms with Crippen LogP contribution in [0.15, 0.2) is 70.1 Å². The highest BCUT2D eigenvalue weighted by atomic mass is 16.6. The van der Waals surface area contributed by atoms with E-state index in [1.807, 2.05) is 42.5 Å². The molecule has 0 fully saturated rings. The summed E-state index contributed by atoms with van der Waals surface area (Å²) in [5, 5.41) is 24.3. The predicted octanol–water partition coefficient (Wildman–Crippen LogP) is 4.32. The van der Waals surface area contributed by atoms with Crippen LogP contribution < -0.4 is 5.11 Å². The molecule has 0 unspecified atom stereocenters. The Morgan fingerprint density at radius 2 is 1.76 bits per heavy atom. The summed E-state index contributed by atoms with van der Waals surface area (Å²) in [6.45, 7) is 0. The number of fused-ring (bicyclic) bond motifs is 3. The second kappa shape index (κ2) is 5.76. The van der Waals surface area contributed by atoms with Crippen molar-refractivity contribution in [2.75, 3.05) is 0 Å². The Morgan fingerprint density at radius 1 is 0.960 bits per heavy atom. The number of benzene rings is 3. The van der Waals surface area contributed by atoms with Crippen LogP contribution in [0.5, 0.6) is 5.75 Å². The van der Waals surface area contributed by atoms with Gasteiger partial charge in [-0.2, -0.15) is 0 Å². The lowest BCUT2D eigenvalue weighted by atomic mass is 10.1. The van der Waals surface area contributed by atoms with Gasteiger partial charge in [0.05, 0.1) is 10.6 Å². The molecule has 122 valence electrons. The van der Waals surface area contributed by atoms with E-state index < -0.39 is 16.4 Å². The number of nitro groups is 1. The molecule has 3 aromatic carbocycles. The fourth-order valence-corrected chi connectivity index (χ4v) is 2.70. The van der Waals surface area contributed by atoms with E-state index in [1.54, 1.807) is 0 Å². The van der Waals surface area contributed by atoms with E-state index in [4.69, 9.17) is 4.42 Å². The molecular weight excluding hydrogens is 320 g/mol. The van der Waals surface area contributed by atoms with Crippen LogP contribution in [0.25, 0.3) is 21.9 Å². The third kappa shape index (κ3) is 2.70. The predicted molar refractivity (Wildman–Crippen MR) is 93.5 cm³/mol. The van der Waals surface area contributed by atoms with Gasteiger partial charge in [-0.3, -0.25) is 15.1 Å². The smallest absolute Gasteiger partial charge is 0.262 e. The van der Waals surface area contributed by atoms with E-state index in [0.29, 0.717) is 11.3 Å². The Balaban J connectivity index is 1.70. The van der Waals surface area contributed by atoms with Crippen molar-refractivity contribution in [3.63, 3.8) is 0 Å². The zero-order valence-corrected chi connectivity index (χ0v) is 12.9. The van der Waals surface area contributed by atoms with Crippen molar-refractivity contribution in [2.24, 2.45) is 4.99 Å². The lowest BCUT2D eigenvalue weighted by Crippen LogP contribution is -1.98. The molecule has 0 saturated carbocycles.